The molecule has 4 N–H and O–H groups in total. The first-order valence-corrected chi connectivity index (χ1v) is 6.27. The molecule has 4 heteroatoms. The van der Waals surface area contributed by atoms with Gasteiger partial charge in [-0.05, 0) is 31.0 Å². The highest BCUT2D eigenvalue weighted by atomic mass is 35.5. The fourth-order valence-electron chi connectivity index (χ4n) is 1.82. The fourth-order valence-corrected chi connectivity index (χ4v) is 2.10. The monoisotopic (exact) mass is 257 g/mol. The Bertz CT molecular complexity index is 382. The standard InChI is InChI=1S/C13H20ClNO2/c1-3-4-5-11(16)12(15)10-7-9(14)6-8(2)13(10)17/h6-7,11-12,16-17H,3-5,15H2,1-2H3/t11-,12+/m1/s1. The molecule has 0 amide bonds. The predicted molar refractivity (Wildman–Crippen MR) is 70.3 cm³/mol. The number of unbranched alkanes of at least 4 members (excludes halogenated alkanes) is 1. The lowest BCUT2D eigenvalue weighted by molar-refractivity contribution is 0.131. The van der Waals surface area contributed by atoms with Crippen LogP contribution in [0, 0.1) is 6.92 Å². The summed E-state index contributed by atoms with van der Waals surface area (Å²) in [4.78, 5) is 0. The molecule has 96 valence electrons. The minimum Gasteiger partial charge on any atom is -0.507 e. The largest absolute Gasteiger partial charge is 0.507 e. The van der Waals surface area contributed by atoms with Gasteiger partial charge in [0.05, 0.1) is 12.1 Å². The van der Waals surface area contributed by atoms with Crippen LogP contribution in [0.3, 0.4) is 0 Å². The van der Waals surface area contributed by atoms with Crippen molar-refractivity contribution in [3.05, 3.63) is 28.3 Å². The summed E-state index contributed by atoms with van der Waals surface area (Å²) in [5, 5.41) is 20.4. The minimum atomic E-state index is -0.654. The number of benzene rings is 1. The number of aliphatic hydroxyl groups is 1. The highest BCUT2D eigenvalue weighted by Gasteiger charge is 2.20. The Balaban J connectivity index is 2.91. The molecule has 0 fully saturated rings. The summed E-state index contributed by atoms with van der Waals surface area (Å²) in [5.74, 6) is 0.123. The number of aryl methyl sites for hydroxylation is 1. The SMILES string of the molecule is CCCC[C@@H](O)[C@@H](N)c1cc(Cl)cc(C)c1O. The molecule has 0 spiro atoms. The molecule has 0 saturated carbocycles. The molecule has 1 rings (SSSR count). The van der Waals surface area contributed by atoms with Crippen LogP contribution in [0.5, 0.6) is 5.75 Å². The third-order valence-corrected chi connectivity index (χ3v) is 3.14. The second-order valence-electron chi connectivity index (χ2n) is 4.40. The predicted octanol–water partition coefficient (Wildman–Crippen LogP) is 2.90. The highest BCUT2D eigenvalue weighted by molar-refractivity contribution is 6.30. The third-order valence-electron chi connectivity index (χ3n) is 2.92. The van der Waals surface area contributed by atoms with Crippen LogP contribution in [-0.2, 0) is 0 Å². The summed E-state index contributed by atoms with van der Waals surface area (Å²) in [5.41, 5.74) is 7.13. The molecule has 0 heterocycles. The molecule has 1 aromatic rings. The van der Waals surface area contributed by atoms with Crippen molar-refractivity contribution in [2.45, 2.75) is 45.3 Å². The summed E-state index contributed by atoms with van der Waals surface area (Å²) in [7, 11) is 0. The number of phenols is 1. The first-order valence-electron chi connectivity index (χ1n) is 5.90. The van der Waals surface area contributed by atoms with Crippen LogP contribution in [0.1, 0.15) is 43.4 Å². The van der Waals surface area contributed by atoms with Gasteiger partial charge in [0, 0.05) is 10.6 Å². The first-order chi connectivity index (χ1) is 7.97. The van der Waals surface area contributed by atoms with Gasteiger partial charge in [0.2, 0.25) is 0 Å². The van der Waals surface area contributed by atoms with Crippen LogP contribution < -0.4 is 5.73 Å². The maximum atomic E-state index is 9.93. The third kappa shape index (κ3) is 3.60. The summed E-state index contributed by atoms with van der Waals surface area (Å²) >= 11 is 5.93. The molecule has 3 nitrogen and oxygen atoms in total. The molecule has 0 unspecified atom stereocenters. The molecular formula is C13H20ClNO2. The molecule has 0 aliphatic rings. The Kier molecular flexibility index (Phi) is 5.25. The average Bonchev–Trinajstić information content (AvgIpc) is 2.29. The van der Waals surface area contributed by atoms with Gasteiger partial charge in [-0.15, -0.1) is 0 Å². The fraction of sp³-hybridized carbons (Fsp3) is 0.538. The van der Waals surface area contributed by atoms with E-state index in [4.69, 9.17) is 17.3 Å². The maximum absolute atomic E-state index is 9.93. The topological polar surface area (TPSA) is 66.5 Å². The molecule has 17 heavy (non-hydrogen) atoms. The molecule has 1 aromatic carbocycles. The number of aliphatic hydroxyl groups excluding tert-OH is 1. The van der Waals surface area contributed by atoms with E-state index in [1.165, 1.54) is 0 Å². The normalized spacial score (nSPS) is 14.6. The van der Waals surface area contributed by atoms with E-state index in [0.717, 1.165) is 12.8 Å². The zero-order chi connectivity index (χ0) is 13.0. The number of nitrogens with two attached hydrogens (primary N) is 1. The molecule has 0 aromatic heterocycles. The van der Waals surface area contributed by atoms with Crippen LogP contribution in [-0.4, -0.2) is 16.3 Å². The second kappa shape index (κ2) is 6.24. The van der Waals surface area contributed by atoms with E-state index in [2.05, 4.69) is 6.92 Å². The van der Waals surface area contributed by atoms with Crippen molar-refractivity contribution in [1.82, 2.24) is 0 Å². The molecule has 0 aliphatic heterocycles. The highest BCUT2D eigenvalue weighted by Crippen LogP contribution is 2.32. The summed E-state index contributed by atoms with van der Waals surface area (Å²) in [6.07, 6.45) is 1.89. The van der Waals surface area contributed by atoms with Gasteiger partial charge in [0.1, 0.15) is 5.75 Å². The number of hydrogen-bond donors (Lipinski definition) is 3. The van der Waals surface area contributed by atoms with Crippen molar-refractivity contribution < 1.29 is 10.2 Å². The lowest BCUT2D eigenvalue weighted by Gasteiger charge is -2.21. The van der Waals surface area contributed by atoms with Crippen molar-refractivity contribution in [2.24, 2.45) is 5.73 Å². The first kappa shape index (κ1) is 14.3. The Morgan fingerprint density at radius 1 is 1.41 bits per heavy atom. The van der Waals surface area contributed by atoms with Crippen molar-refractivity contribution in [3.63, 3.8) is 0 Å². The Morgan fingerprint density at radius 2 is 2.06 bits per heavy atom. The van der Waals surface area contributed by atoms with Gasteiger partial charge in [0.15, 0.2) is 0 Å². The second-order valence-corrected chi connectivity index (χ2v) is 4.83. The summed E-state index contributed by atoms with van der Waals surface area (Å²) in [6, 6.07) is 2.69. The molecule has 2 atom stereocenters. The summed E-state index contributed by atoms with van der Waals surface area (Å²) in [6.45, 7) is 3.81. The molecule has 0 saturated heterocycles. The van der Waals surface area contributed by atoms with Gasteiger partial charge in [-0.1, -0.05) is 31.4 Å². The van der Waals surface area contributed by atoms with E-state index in [1.807, 2.05) is 0 Å². The Morgan fingerprint density at radius 3 is 2.65 bits per heavy atom. The number of rotatable bonds is 5. The Labute approximate surface area is 107 Å². The van der Waals surface area contributed by atoms with Crippen LogP contribution in [0.4, 0.5) is 0 Å². The number of halogens is 1. The zero-order valence-electron chi connectivity index (χ0n) is 10.3. The van der Waals surface area contributed by atoms with Crippen LogP contribution in [0.15, 0.2) is 12.1 Å². The van der Waals surface area contributed by atoms with Crippen LogP contribution in [0.25, 0.3) is 0 Å². The lowest BCUT2D eigenvalue weighted by atomic mass is 9.96. The molecule has 0 radical (unpaired) electrons. The van der Waals surface area contributed by atoms with E-state index < -0.39 is 12.1 Å². The lowest BCUT2D eigenvalue weighted by Crippen LogP contribution is -2.26. The van der Waals surface area contributed by atoms with Crippen molar-refractivity contribution >= 4 is 11.6 Å². The minimum absolute atomic E-state index is 0.123. The van der Waals surface area contributed by atoms with E-state index in [9.17, 15) is 10.2 Å². The number of phenolic OH excluding ortho intramolecular Hbond substituents is 1. The van der Waals surface area contributed by atoms with Gasteiger partial charge < -0.3 is 15.9 Å². The molecular weight excluding hydrogens is 238 g/mol. The van der Waals surface area contributed by atoms with E-state index >= 15 is 0 Å². The maximum Gasteiger partial charge on any atom is 0.123 e. The van der Waals surface area contributed by atoms with E-state index in [1.54, 1.807) is 19.1 Å². The van der Waals surface area contributed by atoms with Crippen molar-refractivity contribution in [1.29, 1.82) is 0 Å². The van der Waals surface area contributed by atoms with Gasteiger partial charge in [-0.3, -0.25) is 0 Å². The van der Waals surface area contributed by atoms with Gasteiger partial charge >= 0.3 is 0 Å². The van der Waals surface area contributed by atoms with Crippen molar-refractivity contribution in [3.8, 4) is 5.75 Å². The van der Waals surface area contributed by atoms with Gasteiger partial charge in [-0.25, -0.2) is 0 Å². The van der Waals surface area contributed by atoms with Crippen LogP contribution >= 0.6 is 11.6 Å². The molecule has 0 bridgehead atoms. The van der Waals surface area contributed by atoms with E-state index in [-0.39, 0.29) is 5.75 Å². The van der Waals surface area contributed by atoms with Crippen LogP contribution in [0.2, 0.25) is 5.02 Å². The quantitative estimate of drug-likeness (QED) is 0.760. The zero-order valence-corrected chi connectivity index (χ0v) is 11.0. The summed E-state index contributed by atoms with van der Waals surface area (Å²) < 4.78 is 0. The number of aromatic hydroxyl groups is 1. The van der Waals surface area contributed by atoms with Gasteiger partial charge in [-0.2, -0.15) is 0 Å². The van der Waals surface area contributed by atoms with Crippen molar-refractivity contribution in [2.75, 3.05) is 0 Å². The Hall–Kier alpha value is -0.770. The van der Waals surface area contributed by atoms with E-state index in [0.29, 0.717) is 22.6 Å². The number of hydrogen-bond acceptors (Lipinski definition) is 3. The molecule has 0 aliphatic carbocycles. The average molecular weight is 258 g/mol. The smallest absolute Gasteiger partial charge is 0.123 e. The van der Waals surface area contributed by atoms with Gasteiger partial charge in [0.25, 0.3) is 0 Å².